The SMILES string of the molecule is COCCN(CC(=O)NCCN)C(C)C. The molecule has 0 aromatic heterocycles. The zero-order valence-corrected chi connectivity index (χ0v) is 9.95. The van der Waals surface area contributed by atoms with Crippen molar-refractivity contribution in [2.24, 2.45) is 5.73 Å². The molecule has 0 spiro atoms. The summed E-state index contributed by atoms with van der Waals surface area (Å²) in [6.07, 6.45) is 0. The van der Waals surface area contributed by atoms with Crippen LogP contribution < -0.4 is 11.1 Å². The number of nitrogens with zero attached hydrogens (tertiary/aromatic N) is 1. The van der Waals surface area contributed by atoms with Crippen LogP contribution >= 0.6 is 0 Å². The normalized spacial score (nSPS) is 11.1. The predicted molar refractivity (Wildman–Crippen MR) is 60.6 cm³/mol. The second-order valence-corrected chi connectivity index (χ2v) is 3.70. The Kier molecular flexibility index (Phi) is 8.27. The lowest BCUT2D eigenvalue weighted by molar-refractivity contribution is -0.122. The largest absolute Gasteiger partial charge is 0.383 e. The average Bonchev–Trinajstić information content (AvgIpc) is 2.20. The van der Waals surface area contributed by atoms with Crippen molar-refractivity contribution in [3.63, 3.8) is 0 Å². The third-order valence-corrected chi connectivity index (χ3v) is 2.13. The van der Waals surface area contributed by atoms with Crippen LogP contribution in [0.4, 0.5) is 0 Å². The highest BCUT2D eigenvalue weighted by Crippen LogP contribution is 1.96. The first-order chi connectivity index (χ1) is 7.11. The van der Waals surface area contributed by atoms with E-state index in [9.17, 15) is 4.79 Å². The molecule has 0 aliphatic rings. The molecule has 0 aromatic rings. The van der Waals surface area contributed by atoms with Crippen molar-refractivity contribution in [3.8, 4) is 0 Å². The minimum atomic E-state index is 0.0188. The fourth-order valence-electron chi connectivity index (χ4n) is 1.18. The zero-order chi connectivity index (χ0) is 11.7. The van der Waals surface area contributed by atoms with Crippen LogP contribution in [0, 0.1) is 0 Å². The number of carbonyl (C=O) groups excluding carboxylic acids is 1. The summed E-state index contributed by atoms with van der Waals surface area (Å²) in [6, 6.07) is 0.337. The smallest absolute Gasteiger partial charge is 0.234 e. The molecule has 3 N–H and O–H groups in total. The molecule has 0 saturated carbocycles. The van der Waals surface area contributed by atoms with Crippen molar-refractivity contribution in [1.82, 2.24) is 10.2 Å². The van der Waals surface area contributed by atoms with Gasteiger partial charge in [0.15, 0.2) is 0 Å². The van der Waals surface area contributed by atoms with Gasteiger partial charge in [-0.3, -0.25) is 9.69 Å². The third-order valence-electron chi connectivity index (χ3n) is 2.13. The number of hydrogen-bond acceptors (Lipinski definition) is 4. The fourth-order valence-corrected chi connectivity index (χ4v) is 1.18. The molecule has 0 heterocycles. The van der Waals surface area contributed by atoms with Gasteiger partial charge in [0.1, 0.15) is 0 Å². The molecule has 0 rings (SSSR count). The lowest BCUT2D eigenvalue weighted by Crippen LogP contribution is -2.43. The molecule has 0 saturated heterocycles. The van der Waals surface area contributed by atoms with Gasteiger partial charge in [0, 0.05) is 32.8 Å². The summed E-state index contributed by atoms with van der Waals surface area (Å²) in [5, 5.41) is 2.75. The Labute approximate surface area is 91.9 Å². The van der Waals surface area contributed by atoms with E-state index in [4.69, 9.17) is 10.5 Å². The van der Waals surface area contributed by atoms with Crippen molar-refractivity contribution < 1.29 is 9.53 Å². The van der Waals surface area contributed by atoms with Crippen molar-refractivity contribution in [2.75, 3.05) is 39.9 Å². The van der Waals surface area contributed by atoms with Gasteiger partial charge in [0.2, 0.25) is 5.91 Å². The van der Waals surface area contributed by atoms with Crippen LogP contribution in [0.2, 0.25) is 0 Å². The van der Waals surface area contributed by atoms with E-state index in [2.05, 4.69) is 24.1 Å². The number of amides is 1. The molecule has 90 valence electrons. The number of carbonyl (C=O) groups is 1. The van der Waals surface area contributed by atoms with Gasteiger partial charge < -0.3 is 15.8 Å². The van der Waals surface area contributed by atoms with E-state index in [-0.39, 0.29) is 5.91 Å². The van der Waals surface area contributed by atoms with E-state index >= 15 is 0 Å². The van der Waals surface area contributed by atoms with Crippen molar-refractivity contribution in [2.45, 2.75) is 19.9 Å². The van der Waals surface area contributed by atoms with Crippen molar-refractivity contribution in [1.29, 1.82) is 0 Å². The summed E-state index contributed by atoms with van der Waals surface area (Å²) in [4.78, 5) is 13.5. The summed E-state index contributed by atoms with van der Waals surface area (Å²) < 4.78 is 4.99. The third kappa shape index (κ3) is 7.30. The van der Waals surface area contributed by atoms with E-state index in [1.807, 2.05) is 0 Å². The average molecular weight is 217 g/mol. The molecule has 0 bridgehead atoms. The lowest BCUT2D eigenvalue weighted by atomic mass is 10.3. The topological polar surface area (TPSA) is 67.6 Å². The molecule has 0 unspecified atom stereocenters. The standard InChI is InChI=1S/C10H23N3O2/c1-9(2)13(6-7-15-3)8-10(14)12-5-4-11/h9H,4-8,11H2,1-3H3,(H,12,14). The highest BCUT2D eigenvalue weighted by atomic mass is 16.5. The summed E-state index contributed by atoms with van der Waals surface area (Å²) in [5.41, 5.74) is 5.30. The van der Waals surface area contributed by atoms with E-state index < -0.39 is 0 Å². The molecule has 5 nitrogen and oxygen atoms in total. The van der Waals surface area contributed by atoms with Crippen LogP contribution in [0.15, 0.2) is 0 Å². The first-order valence-electron chi connectivity index (χ1n) is 5.31. The Morgan fingerprint density at radius 3 is 2.67 bits per heavy atom. The van der Waals surface area contributed by atoms with E-state index in [0.717, 1.165) is 6.54 Å². The van der Waals surface area contributed by atoms with Gasteiger partial charge in [0.25, 0.3) is 0 Å². The van der Waals surface area contributed by atoms with Crippen LogP contribution in [-0.2, 0) is 9.53 Å². The van der Waals surface area contributed by atoms with Gasteiger partial charge in [0.05, 0.1) is 13.2 Å². The fraction of sp³-hybridized carbons (Fsp3) is 0.900. The van der Waals surface area contributed by atoms with Crippen LogP contribution in [-0.4, -0.2) is 56.7 Å². The number of methoxy groups -OCH3 is 1. The van der Waals surface area contributed by atoms with Gasteiger partial charge >= 0.3 is 0 Å². The number of ether oxygens (including phenoxy) is 1. The maximum atomic E-state index is 11.4. The van der Waals surface area contributed by atoms with E-state index in [1.165, 1.54) is 0 Å². The number of nitrogens with one attached hydrogen (secondary N) is 1. The van der Waals surface area contributed by atoms with Crippen LogP contribution in [0.3, 0.4) is 0 Å². The van der Waals surface area contributed by atoms with Crippen LogP contribution in [0.5, 0.6) is 0 Å². The molecule has 15 heavy (non-hydrogen) atoms. The maximum Gasteiger partial charge on any atom is 0.234 e. The van der Waals surface area contributed by atoms with Crippen molar-refractivity contribution in [3.05, 3.63) is 0 Å². The minimum absolute atomic E-state index is 0.0188. The Balaban J connectivity index is 3.87. The maximum absolute atomic E-state index is 11.4. The summed E-state index contributed by atoms with van der Waals surface area (Å²) in [7, 11) is 1.66. The quantitative estimate of drug-likeness (QED) is 0.571. The van der Waals surface area contributed by atoms with Gasteiger partial charge in [-0.1, -0.05) is 0 Å². The minimum Gasteiger partial charge on any atom is -0.383 e. The van der Waals surface area contributed by atoms with Gasteiger partial charge in [-0.15, -0.1) is 0 Å². The van der Waals surface area contributed by atoms with Crippen molar-refractivity contribution >= 4 is 5.91 Å². The summed E-state index contributed by atoms with van der Waals surface area (Å²) in [5.74, 6) is 0.0188. The van der Waals surface area contributed by atoms with Gasteiger partial charge in [-0.2, -0.15) is 0 Å². The first-order valence-corrected chi connectivity index (χ1v) is 5.31. The summed E-state index contributed by atoms with van der Waals surface area (Å²) in [6.45, 7) is 6.95. The zero-order valence-electron chi connectivity index (χ0n) is 9.95. The van der Waals surface area contributed by atoms with Crippen LogP contribution in [0.1, 0.15) is 13.8 Å². The molecule has 5 heteroatoms. The molecule has 0 aliphatic heterocycles. The van der Waals surface area contributed by atoms with E-state index in [0.29, 0.717) is 32.3 Å². The van der Waals surface area contributed by atoms with Crippen LogP contribution in [0.25, 0.3) is 0 Å². The number of nitrogens with two attached hydrogens (primary N) is 1. The lowest BCUT2D eigenvalue weighted by Gasteiger charge is -2.25. The Hall–Kier alpha value is -0.650. The highest BCUT2D eigenvalue weighted by Gasteiger charge is 2.12. The Bertz CT molecular complexity index is 174. The first kappa shape index (κ1) is 14.3. The molecule has 0 atom stereocenters. The molecule has 0 radical (unpaired) electrons. The van der Waals surface area contributed by atoms with Gasteiger partial charge in [-0.05, 0) is 13.8 Å². The molecular weight excluding hydrogens is 194 g/mol. The second-order valence-electron chi connectivity index (χ2n) is 3.70. The van der Waals surface area contributed by atoms with Gasteiger partial charge in [-0.25, -0.2) is 0 Å². The monoisotopic (exact) mass is 217 g/mol. The molecule has 1 amide bonds. The Morgan fingerprint density at radius 1 is 1.53 bits per heavy atom. The second kappa shape index (κ2) is 8.64. The molecular formula is C10H23N3O2. The summed E-state index contributed by atoms with van der Waals surface area (Å²) >= 11 is 0. The molecule has 0 aromatic carbocycles. The van der Waals surface area contributed by atoms with E-state index in [1.54, 1.807) is 7.11 Å². The highest BCUT2D eigenvalue weighted by molar-refractivity contribution is 5.78. The molecule has 0 fully saturated rings. The molecule has 0 aliphatic carbocycles. The predicted octanol–water partition coefficient (Wildman–Crippen LogP) is -0.582. The Morgan fingerprint density at radius 2 is 2.20 bits per heavy atom. The number of hydrogen-bond donors (Lipinski definition) is 2. The number of rotatable bonds is 8.